The SMILES string of the molecule is O=C([C@H]1CCCN1C1CCC1)N1CCCN(C2CCC2)CC1. The van der Waals surface area contributed by atoms with Crippen LogP contribution < -0.4 is 0 Å². The molecule has 1 atom stereocenters. The molecule has 124 valence electrons. The normalized spacial score (nSPS) is 32.5. The predicted molar refractivity (Wildman–Crippen MR) is 87.8 cm³/mol. The fourth-order valence-corrected chi connectivity index (χ4v) is 4.70. The van der Waals surface area contributed by atoms with Crippen molar-refractivity contribution in [1.29, 1.82) is 0 Å². The second-order valence-electron chi connectivity index (χ2n) is 7.78. The number of nitrogens with zero attached hydrogens (tertiary/aromatic N) is 3. The summed E-state index contributed by atoms with van der Waals surface area (Å²) in [5.41, 5.74) is 0. The number of rotatable bonds is 3. The average Bonchev–Trinajstić information content (AvgIpc) is 2.73. The highest BCUT2D eigenvalue weighted by Gasteiger charge is 2.39. The third kappa shape index (κ3) is 2.80. The Balaban J connectivity index is 1.35. The van der Waals surface area contributed by atoms with Crippen LogP contribution in [0.15, 0.2) is 0 Å². The summed E-state index contributed by atoms with van der Waals surface area (Å²) in [7, 11) is 0. The fraction of sp³-hybridized carbons (Fsp3) is 0.944. The summed E-state index contributed by atoms with van der Waals surface area (Å²) in [6, 6.07) is 1.75. The minimum atomic E-state index is 0.209. The minimum absolute atomic E-state index is 0.209. The van der Waals surface area contributed by atoms with Crippen molar-refractivity contribution in [3.8, 4) is 0 Å². The molecule has 2 aliphatic carbocycles. The van der Waals surface area contributed by atoms with Gasteiger partial charge in [0, 0.05) is 38.3 Å². The van der Waals surface area contributed by atoms with Gasteiger partial charge in [-0.15, -0.1) is 0 Å². The summed E-state index contributed by atoms with van der Waals surface area (Å²) in [4.78, 5) is 20.4. The summed E-state index contributed by atoms with van der Waals surface area (Å²) in [6.45, 7) is 5.41. The summed E-state index contributed by atoms with van der Waals surface area (Å²) in [5.74, 6) is 0.444. The maximum absolute atomic E-state index is 13.0. The van der Waals surface area contributed by atoms with Crippen molar-refractivity contribution in [2.45, 2.75) is 75.9 Å². The zero-order chi connectivity index (χ0) is 14.9. The topological polar surface area (TPSA) is 26.8 Å². The Morgan fingerprint density at radius 1 is 0.682 bits per heavy atom. The fourth-order valence-electron chi connectivity index (χ4n) is 4.70. The lowest BCUT2D eigenvalue weighted by atomic mass is 9.91. The number of likely N-dealkylation sites (tertiary alicyclic amines) is 1. The summed E-state index contributed by atoms with van der Waals surface area (Å²) in [6.07, 6.45) is 11.6. The maximum atomic E-state index is 13.0. The molecule has 2 saturated heterocycles. The van der Waals surface area contributed by atoms with E-state index in [2.05, 4.69) is 14.7 Å². The van der Waals surface area contributed by atoms with Crippen LogP contribution in [0.1, 0.15) is 57.8 Å². The second kappa shape index (κ2) is 6.48. The molecule has 2 saturated carbocycles. The average molecular weight is 305 g/mol. The molecule has 0 N–H and O–H groups in total. The zero-order valence-electron chi connectivity index (χ0n) is 13.9. The van der Waals surface area contributed by atoms with Gasteiger partial charge in [0.1, 0.15) is 0 Å². The standard InChI is InChI=1S/C18H31N3O/c22-18(17-9-3-12-21(17)16-7-2-8-16)20-11-4-10-19(13-14-20)15-5-1-6-15/h15-17H,1-14H2/t17-/m1/s1. The minimum Gasteiger partial charge on any atom is -0.340 e. The van der Waals surface area contributed by atoms with Crippen molar-refractivity contribution in [1.82, 2.24) is 14.7 Å². The van der Waals surface area contributed by atoms with Crippen LogP contribution in [0.25, 0.3) is 0 Å². The number of hydrogen-bond acceptors (Lipinski definition) is 3. The Kier molecular flexibility index (Phi) is 4.40. The van der Waals surface area contributed by atoms with Gasteiger partial charge in [0.2, 0.25) is 5.91 Å². The van der Waals surface area contributed by atoms with Gasteiger partial charge in [-0.05, 0) is 51.5 Å². The highest BCUT2D eigenvalue weighted by atomic mass is 16.2. The van der Waals surface area contributed by atoms with Crippen LogP contribution in [0, 0.1) is 0 Å². The summed E-state index contributed by atoms with van der Waals surface area (Å²) >= 11 is 0. The largest absolute Gasteiger partial charge is 0.340 e. The van der Waals surface area contributed by atoms with E-state index < -0.39 is 0 Å². The van der Waals surface area contributed by atoms with E-state index in [1.165, 1.54) is 57.9 Å². The lowest BCUT2D eigenvalue weighted by Gasteiger charge is -2.39. The number of carbonyl (C=O) groups is 1. The van der Waals surface area contributed by atoms with Crippen molar-refractivity contribution in [3.05, 3.63) is 0 Å². The highest BCUT2D eigenvalue weighted by molar-refractivity contribution is 5.82. The molecule has 4 fully saturated rings. The third-order valence-electron chi connectivity index (χ3n) is 6.56. The third-order valence-corrected chi connectivity index (χ3v) is 6.56. The van der Waals surface area contributed by atoms with Crippen LogP contribution in [0.3, 0.4) is 0 Å². The molecule has 0 radical (unpaired) electrons. The monoisotopic (exact) mass is 305 g/mol. The first-order valence-corrected chi connectivity index (χ1v) is 9.61. The van der Waals surface area contributed by atoms with Crippen LogP contribution in [0.4, 0.5) is 0 Å². The van der Waals surface area contributed by atoms with E-state index in [0.29, 0.717) is 5.91 Å². The van der Waals surface area contributed by atoms with Crippen molar-refractivity contribution in [3.63, 3.8) is 0 Å². The van der Waals surface area contributed by atoms with Gasteiger partial charge in [0.25, 0.3) is 0 Å². The lowest BCUT2D eigenvalue weighted by molar-refractivity contribution is -0.137. The molecule has 4 nitrogen and oxygen atoms in total. The van der Waals surface area contributed by atoms with Gasteiger partial charge in [-0.25, -0.2) is 0 Å². The van der Waals surface area contributed by atoms with Crippen LogP contribution in [0.5, 0.6) is 0 Å². The zero-order valence-corrected chi connectivity index (χ0v) is 13.9. The Morgan fingerprint density at radius 3 is 2.14 bits per heavy atom. The molecule has 0 spiro atoms. The molecule has 1 amide bonds. The highest BCUT2D eigenvalue weighted by Crippen LogP contribution is 2.32. The molecule has 4 heteroatoms. The van der Waals surface area contributed by atoms with Gasteiger partial charge in [-0.3, -0.25) is 14.6 Å². The van der Waals surface area contributed by atoms with Crippen LogP contribution in [-0.4, -0.2) is 71.5 Å². The van der Waals surface area contributed by atoms with Crippen molar-refractivity contribution in [2.75, 3.05) is 32.7 Å². The van der Waals surface area contributed by atoms with Crippen molar-refractivity contribution < 1.29 is 4.79 Å². The molecule has 4 aliphatic rings. The Hall–Kier alpha value is -0.610. The Bertz CT molecular complexity index is 405. The summed E-state index contributed by atoms with van der Waals surface area (Å²) in [5, 5.41) is 0. The summed E-state index contributed by atoms with van der Waals surface area (Å²) < 4.78 is 0. The van der Waals surface area contributed by atoms with Crippen LogP contribution in [0.2, 0.25) is 0 Å². The second-order valence-corrected chi connectivity index (χ2v) is 7.78. The van der Waals surface area contributed by atoms with E-state index in [9.17, 15) is 4.79 Å². The van der Waals surface area contributed by atoms with Gasteiger partial charge >= 0.3 is 0 Å². The van der Waals surface area contributed by atoms with Crippen LogP contribution in [-0.2, 0) is 4.79 Å². The van der Waals surface area contributed by atoms with E-state index in [0.717, 1.165) is 44.7 Å². The van der Waals surface area contributed by atoms with Crippen molar-refractivity contribution in [2.24, 2.45) is 0 Å². The van der Waals surface area contributed by atoms with Gasteiger partial charge in [-0.2, -0.15) is 0 Å². The molecule has 2 heterocycles. The molecule has 4 rings (SSSR count). The number of carbonyl (C=O) groups excluding carboxylic acids is 1. The van der Waals surface area contributed by atoms with Gasteiger partial charge in [0.05, 0.1) is 6.04 Å². The Labute approximate surface area is 134 Å². The number of hydrogen-bond donors (Lipinski definition) is 0. The first-order valence-electron chi connectivity index (χ1n) is 9.61. The molecular formula is C18H31N3O. The van der Waals surface area contributed by atoms with E-state index in [4.69, 9.17) is 0 Å². The lowest BCUT2D eigenvalue weighted by Crippen LogP contribution is -2.52. The number of amides is 1. The molecule has 0 aromatic rings. The molecule has 2 aliphatic heterocycles. The predicted octanol–water partition coefficient (Wildman–Crippen LogP) is 2.09. The van der Waals surface area contributed by atoms with E-state index in [1.807, 2.05) is 0 Å². The molecule has 22 heavy (non-hydrogen) atoms. The van der Waals surface area contributed by atoms with Crippen LogP contribution >= 0.6 is 0 Å². The Morgan fingerprint density at radius 2 is 1.45 bits per heavy atom. The molecule has 0 bridgehead atoms. The maximum Gasteiger partial charge on any atom is 0.239 e. The molecule has 0 unspecified atom stereocenters. The first kappa shape index (κ1) is 14.9. The van der Waals surface area contributed by atoms with Gasteiger partial charge in [0.15, 0.2) is 0 Å². The van der Waals surface area contributed by atoms with E-state index in [1.54, 1.807) is 0 Å². The van der Waals surface area contributed by atoms with Gasteiger partial charge in [-0.1, -0.05) is 12.8 Å². The molecule has 0 aromatic heterocycles. The molecular weight excluding hydrogens is 274 g/mol. The first-order chi connectivity index (χ1) is 10.8. The van der Waals surface area contributed by atoms with Crippen molar-refractivity contribution >= 4 is 5.91 Å². The smallest absolute Gasteiger partial charge is 0.239 e. The van der Waals surface area contributed by atoms with Gasteiger partial charge < -0.3 is 4.90 Å². The quantitative estimate of drug-likeness (QED) is 0.799. The van der Waals surface area contributed by atoms with E-state index >= 15 is 0 Å². The van der Waals surface area contributed by atoms with E-state index in [-0.39, 0.29) is 6.04 Å². The molecule has 0 aromatic carbocycles.